The minimum absolute atomic E-state index is 0.00268. The summed E-state index contributed by atoms with van der Waals surface area (Å²) in [6, 6.07) is 9.88. The highest BCUT2D eigenvalue weighted by Gasteiger charge is 2.58. The molecule has 1 aromatic carbocycles. The Balaban J connectivity index is 1.83. The summed E-state index contributed by atoms with van der Waals surface area (Å²) in [5.41, 5.74) is 0.381. The summed E-state index contributed by atoms with van der Waals surface area (Å²) in [6.07, 6.45) is -0.325. The fourth-order valence-corrected chi connectivity index (χ4v) is 3.81. The number of aliphatic hydroxyl groups excluding tert-OH is 1. The van der Waals surface area contributed by atoms with Gasteiger partial charge in [-0.1, -0.05) is 39.0 Å². The Labute approximate surface area is 151 Å². The van der Waals surface area contributed by atoms with Gasteiger partial charge >= 0.3 is 0 Å². The molecule has 1 N–H and O–H groups in total. The largest absolute Gasteiger partial charge is 0.475 e. The average molecular weight is 364 g/mol. The molecule has 1 fully saturated rings. The average Bonchev–Trinajstić information content (AvgIpc) is 3.25. The second kappa shape index (κ2) is 6.50. The number of benzene rings is 1. The second-order valence-corrected chi connectivity index (χ2v) is 13.3. The Morgan fingerprint density at radius 1 is 1.28 bits per heavy atom. The summed E-state index contributed by atoms with van der Waals surface area (Å²) in [6.45, 7) is 12.0. The number of ether oxygens (including phenoxy) is 2. The number of hydrogen-bond donors (Lipinski definition) is 1. The van der Waals surface area contributed by atoms with Crippen molar-refractivity contribution in [2.75, 3.05) is 19.8 Å². The number of rotatable bonds is 6. The number of aliphatic hydroxyl groups is 1. The SMILES string of the molecule is CC(C)(C)[Si](C)(C)OC[C@@]1([C@H]2O[C@@H]2CO)COC(c2ccccc2)=N1. The fraction of sp³-hybridized carbons (Fsp3) is 0.632. The van der Waals surface area contributed by atoms with Gasteiger partial charge in [-0.3, -0.25) is 0 Å². The maximum atomic E-state index is 9.45. The molecular formula is C19H29NO4Si. The first-order valence-corrected chi connectivity index (χ1v) is 11.8. The highest BCUT2D eigenvalue weighted by atomic mass is 28.4. The molecule has 3 atom stereocenters. The van der Waals surface area contributed by atoms with Gasteiger partial charge in [0.15, 0.2) is 8.32 Å². The zero-order valence-electron chi connectivity index (χ0n) is 15.8. The lowest BCUT2D eigenvalue weighted by Gasteiger charge is -2.38. The highest BCUT2D eigenvalue weighted by Crippen LogP contribution is 2.42. The van der Waals surface area contributed by atoms with Gasteiger partial charge in [-0.2, -0.15) is 0 Å². The molecule has 0 saturated carbocycles. The molecule has 0 aliphatic carbocycles. The molecule has 138 valence electrons. The van der Waals surface area contributed by atoms with E-state index in [2.05, 4.69) is 33.9 Å². The molecular weight excluding hydrogens is 334 g/mol. The highest BCUT2D eigenvalue weighted by molar-refractivity contribution is 6.74. The minimum Gasteiger partial charge on any atom is -0.475 e. The standard InChI is InChI=1S/C19H29NO4Si/c1-18(2,3)25(4,5)23-13-19(16-15(11-21)24-16)12-22-17(20-19)14-9-7-6-8-10-14/h6-10,15-16,21H,11-13H2,1-5H3/t15-,16+,19-/m1/s1. The molecule has 1 saturated heterocycles. The van der Waals surface area contributed by atoms with Crippen LogP contribution in [0.4, 0.5) is 0 Å². The van der Waals surface area contributed by atoms with Crippen LogP contribution in [-0.4, -0.2) is 56.9 Å². The fourth-order valence-electron chi connectivity index (χ4n) is 2.77. The minimum atomic E-state index is -1.91. The molecule has 1 aromatic rings. The summed E-state index contributed by atoms with van der Waals surface area (Å²) in [5.74, 6) is 0.631. The van der Waals surface area contributed by atoms with Crippen LogP contribution < -0.4 is 0 Å². The van der Waals surface area contributed by atoms with Crippen LogP contribution in [0, 0.1) is 0 Å². The first kappa shape index (κ1) is 18.6. The molecule has 0 amide bonds. The maximum Gasteiger partial charge on any atom is 0.217 e. The van der Waals surface area contributed by atoms with Crippen molar-refractivity contribution in [1.82, 2.24) is 0 Å². The molecule has 5 nitrogen and oxygen atoms in total. The summed E-state index contributed by atoms with van der Waals surface area (Å²) >= 11 is 0. The quantitative estimate of drug-likeness (QED) is 0.623. The zero-order valence-corrected chi connectivity index (χ0v) is 16.8. The molecule has 25 heavy (non-hydrogen) atoms. The lowest BCUT2D eigenvalue weighted by Crippen LogP contribution is -2.49. The number of nitrogens with zero attached hydrogens (tertiary/aromatic N) is 1. The summed E-state index contributed by atoms with van der Waals surface area (Å²) < 4.78 is 18.1. The van der Waals surface area contributed by atoms with Crippen LogP contribution in [0.3, 0.4) is 0 Å². The van der Waals surface area contributed by atoms with Crippen LogP contribution in [0.1, 0.15) is 26.3 Å². The van der Waals surface area contributed by atoms with E-state index in [0.29, 0.717) is 19.1 Å². The monoisotopic (exact) mass is 363 g/mol. The number of epoxide rings is 1. The van der Waals surface area contributed by atoms with E-state index in [1.165, 1.54) is 0 Å². The van der Waals surface area contributed by atoms with Crippen LogP contribution in [0.5, 0.6) is 0 Å². The molecule has 0 unspecified atom stereocenters. The predicted molar refractivity (Wildman–Crippen MR) is 101 cm³/mol. The predicted octanol–water partition coefficient (Wildman–Crippen LogP) is 2.98. The third-order valence-electron chi connectivity index (χ3n) is 5.58. The normalized spacial score (nSPS) is 29.3. The van der Waals surface area contributed by atoms with E-state index in [1.807, 2.05) is 30.3 Å². The van der Waals surface area contributed by atoms with Crippen molar-refractivity contribution in [3.63, 3.8) is 0 Å². The molecule has 2 heterocycles. The Hall–Kier alpha value is -1.21. The van der Waals surface area contributed by atoms with Gasteiger partial charge in [0.1, 0.15) is 24.4 Å². The van der Waals surface area contributed by atoms with Crippen molar-refractivity contribution < 1.29 is 19.0 Å². The van der Waals surface area contributed by atoms with Crippen molar-refractivity contribution in [2.24, 2.45) is 4.99 Å². The molecule has 0 aromatic heterocycles. The number of aliphatic imine (C=N–C) groups is 1. The smallest absolute Gasteiger partial charge is 0.217 e. The summed E-state index contributed by atoms with van der Waals surface area (Å²) in [4.78, 5) is 4.89. The van der Waals surface area contributed by atoms with Gasteiger partial charge in [-0.15, -0.1) is 0 Å². The third kappa shape index (κ3) is 3.67. The van der Waals surface area contributed by atoms with Gasteiger partial charge in [0.2, 0.25) is 5.90 Å². The molecule has 3 rings (SSSR count). The van der Waals surface area contributed by atoms with Crippen molar-refractivity contribution in [3.8, 4) is 0 Å². The Morgan fingerprint density at radius 2 is 1.96 bits per heavy atom. The second-order valence-electron chi connectivity index (χ2n) is 8.50. The zero-order chi connectivity index (χ0) is 18.3. The lowest BCUT2D eigenvalue weighted by atomic mass is 9.96. The van der Waals surface area contributed by atoms with Crippen LogP contribution >= 0.6 is 0 Å². The third-order valence-corrected chi connectivity index (χ3v) is 10.1. The molecule has 2 aliphatic heterocycles. The Kier molecular flexibility index (Phi) is 4.83. The number of hydrogen-bond acceptors (Lipinski definition) is 5. The van der Waals surface area contributed by atoms with Gasteiger partial charge in [-0.05, 0) is 30.3 Å². The molecule has 6 heteroatoms. The van der Waals surface area contributed by atoms with Gasteiger partial charge < -0.3 is 19.0 Å². The van der Waals surface area contributed by atoms with E-state index < -0.39 is 13.9 Å². The summed E-state index contributed by atoms with van der Waals surface area (Å²) in [7, 11) is -1.91. The van der Waals surface area contributed by atoms with Gasteiger partial charge in [-0.25, -0.2) is 4.99 Å². The van der Waals surface area contributed by atoms with E-state index in [9.17, 15) is 5.11 Å². The summed E-state index contributed by atoms with van der Waals surface area (Å²) in [5, 5.41) is 9.57. The van der Waals surface area contributed by atoms with Crippen LogP contribution in [0.15, 0.2) is 35.3 Å². The Morgan fingerprint density at radius 3 is 2.52 bits per heavy atom. The van der Waals surface area contributed by atoms with E-state index in [0.717, 1.165) is 5.56 Å². The maximum absolute atomic E-state index is 9.45. The van der Waals surface area contributed by atoms with E-state index in [-0.39, 0.29) is 23.9 Å². The lowest BCUT2D eigenvalue weighted by molar-refractivity contribution is 0.133. The van der Waals surface area contributed by atoms with Crippen molar-refractivity contribution in [1.29, 1.82) is 0 Å². The van der Waals surface area contributed by atoms with Crippen LogP contribution in [0.2, 0.25) is 18.1 Å². The molecule has 2 aliphatic rings. The van der Waals surface area contributed by atoms with Crippen LogP contribution in [-0.2, 0) is 13.9 Å². The Bertz CT molecular complexity index is 641. The van der Waals surface area contributed by atoms with Crippen LogP contribution in [0.25, 0.3) is 0 Å². The van der Waals surface area contributed by atoms with Gasteiger partial charge in [0.05, 0.1) is 13.2 Å². The van der Waals surface area contributed by atoms with Gasteiger partial charge in [0.25, 0.3) is 0 Å². The van der Waals surface area contributed by atoms with E-state index in [4.69, 9.17) is 18.9 Å². The topological polar surface area (TPSA) is 63.6 Å². The van der Waals surface area contributed by atoms with E-state index in [1.54, 1.807) is 0 Å². The molecule has 0 spiro atoms. The first-order valence-electron chi connectivity index (χ1n) is 8.87. The van der Waals surface area contributed by atoms with Crippen molar-refractivity contribution in [2.45, 2.75) is 56.7 Å². The van der Waals surface area contributed by atoms with E-state index >= 15 is 0 Å². The van der Waals surface area contributed by atoms with Gasteiger partial charge in [0, 0.05) is 5.56 Å². The van der Waals surface area contributed by atoms with Crippen molar-refractivity contribution >= 4 is 14.2 Å². The molecule has 0 radical (unpaired) electrons. The van der Waals surface area contributed by atoms with Crippen molar-refractivity contribution in [3.05, 3.63) is 35.9 Å². The first-order chi connectivity index (χ1) is 11.7. The molecule has 0 bridgehead atoms.